The number of rotatable bonds is 2. The van der Waals surface area contributed by atoms with Crippen molar-refractivity contribution in [1.82, 2.24) is 5.32 Å². The van der Waals surface area contributed by atoms with Crippen LogP contribution in [0.4, 0.5) is 0 Å². The number of benzene rings is 1. The third kappa shape index (κ3) is 3.07. The van der Waals surface area contributed by atoms with E-state index in [1.54, 1.807) is 12.1 Å². The molecule has 6 heteroatoms. The molecule has 88 valence electrons. The lowest BCUT2D eigenvalue weighted by atomic mass is 10.1. The molecule has 0 aromatic heterocycles. The molecule has 0 bridgehead atoms. The number of hydrogen-bond donors (Lipinski definition) is 2. The van der Waals surface area contributed by atoms with Gasteiger partial charge in [0.2, 0.25) is 5.91 Å². The average molecular weight is 249 g/mol. The summed E-state index contributed by atoms with van der Waals surface area (Å²) in [4.78, 5) is 10.9. The Labute approximate surface area is 103 Å². The molecule has 0 saturated carbocycles. The number of carbonyl (C=O) groups is 1. The van der Waals surface area contributed by atoms with E-state index in [1.165, 1.54) is 18.0 Å². The third-order valence-electron chi connectivity index (χ3n) is 2.11. The Morgan fingerprint density at radius 2 is 2.35 bits per heavy atom. The molecular weight excluding hydrogens is 238 g/mol. The molecule has 1 fully saturated rings. The van der Waals surface area contributed by atoms with E-state index in [9.17, 15) is 9.90 Å². The minimum Gasteiger partial charge on any atom is -0.507 e. The monoisotopic (exact) mass is 249 g/mol. The molecule has 1 saturated heterocycles. The summed E-state index contributed by atoms with van der Waals surface area (Å²) in [6.07, 6.45) is 1.46. The Balaban J connectivity index is 2.10. The number of amides is 1. The first-order chi connectivity index (χ1) is 8.15. The standard InChI is InChI=1S/C11H11N3O2S/c1-7-2-3-9(15)8(4-7)5-12-14-11-13-10(16)6-17-11/h2-5,15H,6H2,1H3,(H,13,14,16). The Kier molecular flexibility index (Phi) is 3.43. The van der Waals surface area contributed by atoms with E-state index in [0.717, 1.165) is 5.56 Å². The quantitative estimate of drug-likeness (QED) is 0.612. The Morgan fingerprint density at radius 1 is 1.53 bits per heavy atom. The number of nitrogens with zero attached hydrogens (tertiary/aromatic N) is 2. The van der Waals surface area contributed by atoms with Crippen LogP contribution in [0.2, 0.25) is 0 Å². The van der Waals surface area contributed by atoms with E-state index < -0.39 is 0 Å². The maximum absolute atomic E-state index is 10.9. The van der Waals surface area contributed by atoms with Crippen LogP contribution in [0, 0.1) is 6.92 Å². The number of aryl methyl sites for hydroxylation is 1. The third-order valence-corrected chi connectivity index (χ3v) is 2.98. The summed E-state index contributed by atoms with van der Waals surface area (Å²) in [5.41, 5.74) is 1.63. The molecule has 1 aromatic rings. The second-order valence-corrected chi connectivity index (χ2v) is 4.51. The molecule has 0 unspecified atom stereocenters. The van der Waals surface area contributed by atoms with Crippen LogP contribution in [0.1, 0.15) is 11.1 Å². The van der Waals surface area contributed by atoms with Gasteiger partial charge in [0, 0.05) is 5.56 Å². The Morgan fingerprint density at radius 3 is 3.06 bits per heavy atom. The second kappa shape index (κ2) is 5.01. The zero-order chi connectivity index (χ0) is 12.3. The molecule has 1 heterocycles. The van der Waals surface area contributed by atoms with Crippen LogP contribution in [-0.2, 0) is 4.79 Å². The fourth-order valence-corrected chi connectivity index (χ4v) is 1.93. The molecule has 0 atom stereocenters. The minimum absolute atomic E-state index is 0.0673. The molecule has 0 radical (unpaired) electrons. The van der Waals surface area contributed by atoms with Crippen molar-refractivity contribution < 1.29 is 9.90 Å². The van der Waals surface area contributed by atoms with Crippen LogP contribution in [0.3, 0.4) is 0 Å². The van der Waals surface area contributed by atoms with Crippen LogP contribution >= 0.6 is 11.8 Å². The van der Waals surface area contributed by atoms with Crippen LogP contribution in [-0.4, -0.2) is 28.1 Å². The average Bonchev–Trinajstić information content (AvgIpc) is 2.69. The second-order valence-electron chi connectivity index (χ2n) is 3.55. The molecule has 1 aliphatic heterocycles. The first-order valence-electron chi connectivity index (χ1n) is 4.98. The highest BCUT2D eigenvalue weighted by molar-refractivity contribution is 8.15. The van der Waals surface area contributed by atoms with E-state index in [4.69, 9.17) is 0 Å². The topological polar surface area (TPSA) is 74.1 Å². The summed E-state index contributed by atoms with van der Waals surface area (Å²) in [7, 11) is 0. The predicted octanol–water partition coefficient (Wildman–Crippen LogP) is 1.25. The van der Waals surface area contributed by atoms with Gasteiger partial charge < -0.3 is 10.4 Å². The zero-order valence-electron chi connectivity index (χ0n) is 9.17. The van der Waals surface area contributed by atoms with Gasteiger partial charge in [0.1, 0.15) is 5.75 Å². The SMILES string of the molecule is Cc1ccc(O)c(C=NN=C2NC(=O)CS2)c1. The highest BCUT2D eigenvalue weighted by atomic mass is 32.2. The van der Waals surface area contributed by atoms with Crippen molar-refractivity contribution in [3.63, 3.8) is 0 Å². The zero-order valence-corrected chi connectivity index (χ0v) is 9.99. The van der Waals surface area contributed by atoms with Gasteiger partial charge in [-0.15, -0.1) is 5.10 Å². The number of phenols is 1. The summed E-state index contributed by atoms with van der Waals surface area (Å²) < 4.78 is 0. The number of thioether (sulfide) groups is 1. The molecule has 5 nitrogen and oxygen atoms in total. The van der Waals surface area contributed by atoms with Gasteiger partial charge >= 0.3 is 0 Å². The van der Waals surface area contributed by atoms with E-state index in [1.807, 2.05) is 13.0 Å². The minimum atomic E-state index is -0.0673. The summed E-state index contributed by atoms with van der Waals surface area (Å²) in [6, 6.07) is 5.22. The van der Waals surface area contributed by atoms with Crippen LogP contribution in [0.15, 0.2) is 28.4 Å². The molecule has 2 N–H and O–H groups in total. The van der Waals surface area contributed by atoms with Gasteiger partial charge in [-0.3, -0.25) is 4.79 Å². The van der Waals surface area contributed by atoms with Gasteiger partial charge in [0.15, 0.2) is 5.17 Å². The van der Waals surface area contributed by atoms with Crippen molar-refractivity contribution >= 4 is 29.1 Å². The van der Waals surface area contributed by atoms with E-state index in [0.29, 0.717) is 16.5 Å². The van der Waals surface area contributed by atoms with Gasteiger partial charge in [-0.1, -0.05) is 23.4 Å². The molecule has 1 amide bonds. The normalized spacial score (nSPS) is 17.9. The van der Waals surface area contributed by atoms with E-state index in [2.05, 4.69) is 15.5 Å². The number of nitrogens with one attached hydrogen (secondary N) is 1. The molecule has 0 aliphatic carbocycles. The molecule has 1 aromatic carbocycles. The lowest BCUT2D eigenvalue weighted by molar-refractivity contribution is -0.116. The van der Waals surface area contributed by atoms with E-state index >= 15 is 0 Å². The first-order valence-corrected chi connectivity index (χ1v) is 5.97. The lowest BCUT2D eigenvalue weighted by Gasteiger charge is -1.98. The van der Waals surface area contributed by atoms with Crippen LogP contribution in [0.5, 0.6) is 5.75 Å². The fraction of sp³-hybridized carbons (Fsp3) is 0.182. The van der Waals surface area contributed by atoms with Gasteiger partial charge in [-0.25, -0.2) is 0 Å². The summed E-state index contributed by atoms with van der Waals surface area (Å²) in [5, 5.41) is 20.3. The van der Waals surface area contributed by atoms with Crippen molar-refractivity contribution in [2.75, 3.05) is 5.75 Å². The molecule has 0 spiro atoms. The van der Waals surface area contributed by atoms with Crippen molar-refractivity contribution in [2.45, 2.75) is 6.92 Å². The van der Waals surface area contributed by atoms with Gasteiger partial charge in [-0.2, -0.15) is 5.10 Å². The van der Waals surface area contributed by atoms with Crippen molar-refractivity contribution in [3.05, 3.63) is 29.3 Å². The number of carbonyl (C=O) groups excluding carboxylic acids is 1. The van der Waals surface area contributed by atoms with Gasteiger partial charge in [-0.05, 0) is 19.1 Å². The molecule has 17 heavy (non-hydrogen) atoms. The summed E-state index contributed by atoms with van der Waals surface area (Å²) in [5.74, 6) is 0.467. The predicted molar refractivity (Wildman–Crippen MR) is 68.5 cm³/mol. The lowest BCUT2D eigenvalue weighted by Crippen LogP contribution is -2.19. The highest BCUT2D eigenvalue weighted by Gasteiger charge is 2.15. The van der Waals surface area contributed by atoms with Gasteiger partial charge in [0.25, 0.3) is 0 Å². The molecule has 2 rings (SSSR count). The maximum Gasteiger partial charge on any atom is 0.236 e. The van der Waals surface area contributed by atoms with Crippen molar-refractivity contribution in [1.29, 1.82) is 0 Å². The fourth-order valence-electron chi connectivity index (χ4n) is 1.30. The van der Waals surface area contributed by atoms with Crippen molar-refractivity contribution in [2.24, 2.45) is 10.2 Å². The van der Waals surface area contributed by atoms with Crippen LogP contribution < -0.4 is 5.32 Å². The number of phenolic OH excluding ortho intramolecular Hbond substituents is 1. The number of aromatic hydroxyl groups is 1. The molecule has 1 aliphatic rings. The number of hydrogen-bond acceptors (Lipinski definition) is 5. The van der Waals surface area contributed by atoms with Crippen molar-refractivity contribution in [3.8, 4) is 5.75 Å². The molecular formula is C11H11N3O2S. The van der Waals surface area contributed by atoms with Crippen LogP contribution in [0.25, 0.3) is 0 Å². The highest BCUT2D eigenvalue weighted by Crippen LogP contribution is 2.16. The Hall–Kier alpha value is -1.82. The maximum atomic E-state index is 10.9. The van der Waals surface area contributed by atoms with Gasteiger partial charge in [0.05, 0.1) is 12.0 Å². The first kappa shape index (κ1) is 11.7. The smallest absolute Gasteiger partial charge is 0.236 e. The summed E-state index contributed by atoms with van der Waals surface area (Å²) >= 11 is 1.31. The van der Waals surface area contributed by atoms with E-state index in [-0.39, 0.29) is 11.7 Å². The number of amidine groups is 1. The largest absolute Gasteiger partial charge is 0.507 e. The Bertz CT molecular complexity index is 511. The summed E-state index contributed by atoms with van der Waals surface area (Å²) in [6.45, 7) is 1.93.